The number of aliphatic hydroxyl groups excluding tert-OH is 1. The van der Waals surface area contributed by atoms with Crippen molar-refractivity contribution >= 4 is 17.7 Å². The van der Waals surface area contributed by atoms with Gasteiger partial charge in [0, 0.05) is 26.0 Å². The summed E-state index contributed by atoms with van der Waals surface area (Å²) < 4.78 is 0. The highest BCUT2D eigenvalue weighted by Gasteiger charge is 2.08. The average molecular weight is 295 g/mol. The minimum atomic E-state index is 0.187. The van der Waals surface area contributed by atoms with E-state index in [0.29, 0.717) is 5.75 Å². The third-order valence-corrected chi connectivity index (χ3v) is 4.14. The summed E-state index contributed by atoms with van der Waals surface area (Å²) in [6.07, 6.45) is 2.76. The molecule has 0 atom stereocenters. The van der Waals surface area contributed by atoms with Crippen molar-refractivity contribution in [2.24, 2.45) is 0 Å². The fourth-order valence-electron chi connectivity index (χ4n) is 1.93. The Bertz CT molecular complexity index is 409. The Hall–Kier alpha value is -1.00. The SMILES string of the molecule is Cc1cccc(CSCC(=O)N(C)CCCCCO)c1. The number of thioether (sulfide) groups is 1. The van der Waals surface area contributed by atoms with Gasteiger partial charge in [0.1, 0.15) is 0 Å². The first-order valence-electron chi connectivity index (χ1n) is 7.11. The molecule has 1 amide bonds. The minimum Gasteiger partial charge on any atom is -0.396 e. The van der Waals surface area contributed by atoms with Gasteiger partial charge in [-0.1, -0.05) is 29.8 Å². The highest BCUT2D eigenvalue weighted by atomic mass is 32.2. The maximum Gasteiger partial charge on any atom is 0.232 e. The van der Waals surface area contributed by atoms with E-state index in [0.717, 1.165) is 31.6 Å². The molecule has 3 nitrogen and oxygen atoms in total. The van der Waals surface area contributed by atoms with Crippen LogP contribution in [0.5, 0.6) is 0 Å². The van der Waals surface area contributed by atoms with Crippen molar-refractivity contribution < 1.29 is 9.90 Å². The van der Waals surface area contributed by atoms with E-state index in [1.165, 1.54) is 11.1 Å². The molecule has 0 radical (unpaired) electrons. The molecule has 0 aliphatic heterocycles. The Kier molecular flexibility index (Phi) is 8.38. The number of rotatable bonds is 9. The van der Waals surface area contributed by atoms with E-state index in [9.17, 15) is 4.79 Å². The molecule has 0 unspecified atom stereocenters. The standard InChI is InChI=1S/C16H25NO2S/c1-14-7-6-8-15(11-14)12-20-13-16(19)17(2)9-4-3-5-10-18/h6-8,11,18H,3-5,9-10,12-13H2,1-2H3. The van der Waals surface area contributed by atoms with Crippen LogP contribution in [0.25, 0.3) is 0 Å². The quantitative estimate of drug-likeness (QED) is 0.712. The number of hydrogen-bond donors (Lipinski definition) is 1. The van der Waals surface area contributed by atoms with E-state index >= 15 is 0 Å². The number of hydrogen-bond acceptors (Lipinski definition) is 3. The molecule has 1 aromatic carbocycles. The summed E-state index contributed by atoms with van der Waals surface area (Å²) in [4.78, 5) is 13.7. The summed E-state index contributed by atoms with van der Waals surface area (Å²) in [6.45, 7) is 3.10. The zero-order chi connectivity index (χ0) is 14.8. The molecule has 0 bridgehead atoms. The third kappa shape index (κ3) is 6.96. The first-order chi connectivity index (χ1) is 9.63. The molecule has 1 aromatic rings. The molecule has 0 aliphatic carbocycles. The number of benzene rings is 1. The van der Waals surface area contributed by atoms with Crippen LogP contribution in [0.3, 0.4) is 0 Å². The van der Waals surface area contributed by atoms with Crippen molar-refractivity contribution in [3.05, 3.63) is 35.4 Å². The van der Waals surface area contributed by atoms with Crippen molar-refractivity contribution in [3.8, 4) is 0 Å². The Balaban J connectivity index is 2.19. The lowest BCUT2D eigenvalue weighted by molar-refractivity contribution is -0.127. The fourth-order valence-corrected chi connectivity index (χ4v) is 2.84. The Morgan fingerprint density at radius 1 is 1.30 bits per heavy atom. The van der Waals surface area contributed by atoms with Gasteiger partial charge in [0.05, 0.1) is 5.75 Å². The van der Waals surface area contributed by atoms with Gasteiger partial charge in [-0.25, -0.2) is 0 Å². The highest BCUT2D eigenvalue weighted by Crippen LogP contribution is 2.14. The molecule has 1 N–H and O–H groups in total. The highest BCUT2D eigenvalue weighted by molar-refractivity contribution is 7.99. The monoisotopic (exact) mass is 295 g/mol. The Labute approximate surface area is 126 Å². The van der Waals surface area contributed by atoms with Crippen LogP contribution in [-0.2, 0) is 10.5 Å². The third-order valence-electron chi connectivity index (χ3n) is 3.15. The zero-order valence-electron chi connectivity index (χ0n) is 12.5. The zero-order valence-corrected chi connectivity index (χ0v) is 13.3. The maximum atomic E-state index is 11.9. The van der Waals surface area contributed by atoms with Gasteiger partial charge in [-0.3, -0.25) is 4.79 Å². The Morgan fingerprint density at radius 3 is 2.80 bits per heavy atom. The summed E-state index contributed by atoms with van der Waals surface area (Å²) in [5, 5.41) is 8.70. The van der Waals surface area contributed by atoms with E-state index in [1.807, 2.05) is 7.05 Å². The molecule has 0 aliphatic rings. The van der Waals surface area contributed by atoms with Crippen LogP contribution in [0.15, 0.2) is 24.3 Å². The van der Waals surface area contributed by atoms with Gasteiger partial charge in [-0.05, 0) is 31.7 Å². The molecule has 0 saturated heterocycles. The van der Waals surface area contributed by atoms with E-state index in [1.54, 1.807) is 16.7 Å². The molecule has 1 rings (SSSR count). The lowest BCUT2D eigenvalue weighted by atomic mass is 10.2. The van der Waals surface area contributed by atoms with Gasteiger partial charge < -0.3 is 10.0 Å². The van der Waals surface area contributed by atoms with E-state index in [-0.39, 0.29) is 12.5 Å². The van der Waals surface area contributed by atoms with Crippen LogP contribution in [-0.4, -0.2) is 41.9 Å². The molecule has 20 heavy (non-hydrogen) atoms. The van der Waals surface area contributed by atoms with Crippen LogP contribution < -0.4 is 0 Å². The maximum absolute atomic E-state index is 11.9. The van der Waals surface area contributed by atoms with E-state index in [4.69, 9.17) is 5.11 Å². The van der Waals surface area contributed by atoms with Crippen molar-refractivity contribution in [2.45, 2.75) is 31.9 Å². The van der Waals surface area contributed by atoms with Gasteiger partial charge >= 0.3 is 0 Å². The largest absolute Gasteiger partial charge is 0.396 e. The molecular weight excluding hydrogens is 270 g/mol. The topological polar surface area (TPSA) is 40.5 Å². The van der Waals surface area contributed by atoms with Gasteiger partial charge in [0.25, 0.3) is 0 Å². The summed E-state index contributed by atoms with van der Waals surface area (Å²) >= 11 is 1.66. The second kappa shape index (κ2) is 9.83. The average Bonchev–Trinajstić information content (AvgIpc) is 2.43. The summed E-state index contributed by atoms with van der Waals surface area (Å²) in [6, 6.07) is 8.40. The molecule has 4 heteroatoms. The van der Waals surface area contributed by atoms with E-state index < -0.39 is 0 Å². The number of carbonyl (C=O) groups is 1. The number of aryl methyl sites for hydroxylation is 1. The van der Waals surface area contributed by atoms with Crippen molar-refractivity contribution in [3.63, 3.8) is 0 Å². The van der Waals surface area contributed by atoms with Crippen molar-refractivity contribution in [2.75, 3.05) is 26.0 Å². The predicted octanol–water partition coefficient (Wildman–Crippen LogP) is 2.85. The smallest absolute Gasteiger partial charge is 0.232 e. The molecule has 0 aromatic heterocycles. The predicted molar refractivity (Wildman–Crippen MR) is 85.9 cm³/mol. The molecule has 0 fully saturated rings. The first-order valence-corrected chi connectivity index (χ1v) is 8.27. The summed E-state index contributed by atoms with van der Waals surface area (Å²) in [5.41, 5.74) is 2.53. The summed E-state index contributed by atoms with van der Waals surface area (Å²) in [7, 11) is 1.86. The Morgan fingerprint density at radius 2 is 2.10 bits per heavy atom. The number of unbranched alkanes of at least 4 members (excludes halogenated alkanes) is 2. The molecular formula is C16H25NO2S. The molecule has 0 spiro atoms. The normalized spacial score (nSPS) is 10.6. The number of amides is 1. The molecule has 0 saturated carbocycles. The lowest BCUT2D eigenvalue weighted by Gasteiger charge is -2.16. The van der Waals surface area contributed by atoms with Crippen molar-refractivity contribution in [1.29, 1.82) is 0 Å². The van der Waals surface area contributed by atoms with Crippen LogP contribution in [0, 0.1) is 6.92 Å². The fraction of sp³-hybridized carbons (Fsp3) is 0.562. The minimum absolute atomic E-state index is 0.187. The summed E-state index contributed by atoms with van der Waals surface area (Å²) in [5.74, 6) is 1.60. The number of aliphatic hydroxyl groups is 1. The first kappa shape index (κ1) is 17.1. The van der Waals surface area contributed by atoms with Gasteiger partial charge in [0.2, 0.25) is 5.91 Å². The molecule has 0 heterocycles. The van der Waals surface area contributed by atoms with Crippen LogP contribution >= 0.6 is 11.8 Å². The van der Waals surface area contributed by atoms with Crippen LogP contribution in [0.4, 0.5) is 0 Å². The van der Waals surface area contributed by atoms with Gasteiger partial charge in [-0.15, -0.1) is 11.8 Å². The molecule has 112 valence electrons. The van der Waals surface area contributed by atoms with E-state index in [2.05, 4.69) is 31.2 Å². The second-order valence-electron chi connectivity index (χ2n) is 5.08. The number of carbonyl (C=O) groups excluding carboxylic acids is 1. The van der Waals surface area contributed by atoms with Gasteiger partial charge in [0.15, 0.2) is 0 Å². The van der Waals surface area contributed by atoms with Crippen LogP contribution in [0.2, 0.25) is 0 Å². The second-order valence-corrected chi connectivity index (χ2v) is 6.07. The van der Waals surface area contributed by atoms with Gasteiger partial charge in [-0.2, -0.15) is 0 Å². The lowest BCUT2D eigenvalue weighted by Crippen LogP contribution is -2.29. The van der Waals surface area contributed by atoms with Crippen molar-refractivity contribution in [1.82, 2.24) is 4.90 Å². The van der Waals surface area contributed by atoms with Crippen LogP contribution in [0.1, 0.15) is 30.4 Å². The number of nitrogens with zero attached hydrogens (tertiary/aromatic N) is 1.